The Balaban J connectivity index is 1.48. The summed E-state index contributed by atoms with van der Waals surface area (Å²) in [5.41, 5.74) is 3.36. The molecule has 8 heteroatoms. The van der Waals surface area contributed by atoms with Crippen molar-refractivity contribution in [2.45, 2.75) is 19.4 Å². The zero-order valence-corrected chi connectivity index (χ0v) is 17.2. The Labute approximate surface area is 168 Å². The molecule has 1 aliphatic rings. The molecule has 3 aromatic heterocycles. The molecule has 6 nitrogen and oxygen atoms in total. The lowest BCUT2D eigenvalue weighted by Crippen LogP contribution is -2.28. The maximum Gasteiger partial charge on any atom is 0.184 e. The second-order valence-electron chi connectivity index (χ2n) is 5.95. The van der Waals surface area contributed by atoms with E-state index in [9.17, 15) is 0 Å². The van der Waals surface area contributed by atoms with E-state index in [0.717, 1.165) is 45.0 Å². The fraction of sp³-hybridized carbons (Fsp3) is 0.278. The third kappa shape index (κ3) is 3.75. The molecule has 1 aliphatic heterocycles. The van der Waals surface area contributed by atoms with Crippen LogP contribution >= 0.6 is 33.9 Å². The Morgan fingerprint density at radius 1 is 1.38 bits per heavy atom. The highest BCUT2D eigenvalue weighted by atomic mass is 127. The van der Waals surface area contributed by atoms with E-state index in [-0.39, 0.29) is 0 Å². The molecule has 0 unspecified atom stereocenters. The molecule has 0 saturated carbocycles. The number of anilines is 1. The summed E-state index contributed by atoms with van der Waals surface area (Å²) in [7, 11) is 1.65. The van der Waals surface area contributed by atoms with Crippen LogP contribution in [-0.2, 0) is 13.0 Å². The third-order valence-corrected chi connectivity index (χ3v) is 6.45. The van der Waals surface area contributed by atoms with Crippen LogP contribution in [0.4, 0.5) is 5.13 Å². The van der Waals surface area contributed by atoms with E-state index in [1.54, 1.807) is 24.6 Å². The molecule has 0 amide bonds. The lowest BCUT2D eigenvalue weighted by atomic mass is 10.1. The van der Waals surface area contributed by atoms with Crippen molar-refractivity contribution in [3.63, 3.8) is 0 Å². The molecule has 26 heavy (non-hydrogen) atoms. The van der Waals surface area contributed by atoms with Crippen molar-refractivity contribution < 1.29 is 4.74 Å². The number of thiazole rings is 1. The maximum absolute atomic E-state index is 5.22. The van der Waals surface area contributed by atoms with E-state index in [1.807, 2.05) is 12.3 Å². The lowest BCUT2D eigenvalue weighted by molar-refractivity contribution is 0.412. The molecule has 0 fully saturated rings. The summed E-state index contributed by atoms with van der Waals surface area (Å²) in [5.74, 6) is 0.762. The van der Waals surface area contributed by atoms with E-state index in [2.05, 4.69) is 60.1 Å². The molecular weight excluding hydrogens is 461 g/mol. The molecule has 134 valence electrons. The Morgan fingerprint density at radius 2 is 2.31 bits per heavy atom. The number of rotatable bonds is 6. The summed E-state index contributed by atoms with van der Waals surface area (Å²) in [4.78, 5) is 17.9. The number of aromatic nitrogens is 3. The van der Waals surface area contributed by atoms with Gasteiger partial charge >= 0.3 is 0 Å². The van der Waals surface area contributed by atoms with Crippen molar-refractivity contribution in [2.24, 2.45) is 4.99 Å². The zero-order valence-electron chi connectivity index (χ0n) is 14.3. The molecule has 0 aromatic carbocycles. The van der Waals surface area contributed by atoms with Crippen LogP contribution in [0.5, 0.6) is 5.75 Å². The fourth-order valence-corrected chi connectivity index (χ4v) is 4.69. The van der Waals surface area contributed by atoms with Crippen molar-refractivity contribution in [1.29, 1.82) is 0 Å². The number of halogens is 1. The van der Waals surface area contributed by atoms with Crippen LogP contribution in [0.25, 0.3) is 6.08 Å². The van der Waals surface area contributed by atoms with Gasteiger partial charge in [0.15, 0.2) is 5.13 Å². The zero-order chi connectivity index (χ0) is 17.9. The van der Waals surface area contributed by atoms with Gasteiger partial charge in [-0.05, 0) is 46.2 Å². The summed E-state index contributed by atoms with van der Waals surface area (Å²) < 4.78 is 6.26. The fourth-order valence-electron chi connectivity index (χ4n) is 2.89. The number of ether oxygens (including phenoxy) is 1. The molecule has 2 N–H and O–H groups in total. The molecule has 0 atom stereocenters. The number of nitrogens with one attached hydrogen (secondary N) is 2. The lowest BCUT2D eigenvalue weighted by Gasteiger charge is -2.04. The minimum absolute atomic E-state index is 0.666. The molecule has 0 saturated heterocycles. The third-order valence-electron chi connectivity index (χ3n) is 4.18. The molecule has 4 rings (SSSR count). The van der Waals surface area contributed by atoms with E-state index in [1.165, 1.54) is 15.7 Å². The molecular formula is C18H18IN5OS. The Morgan fingerprint density at radius 3 is 3.19 bits per heavy atom. The number of aromatic amines is 1. The van der Waals surface area contributed by atoms with E-state index in [0.29, 0.717) is 6.54 Å². The summed E-state index contributed by atoms with van der Waals surface area (Å²) in [6.07, 6.45) is 9.77. The number of fused-ring (bicyclic) bond motifs is 1. The Kier molecular flexibility index (Phi) is 5.21. The van der Waals surface area contributed by atoms with Crippen LogP contribution in [-0.4, -0.2) is 28.6 Å². The summed E-state index contributed by atoms with van der Waals surface area (Å²) >= 11 is 4.01. The average Bonchev–Trinajstić information content (AvgIpc) is 3.24. The summed E-state index contributed by atoms with van der Waals surface area (Å²) in [6, 6.07) is 1.98. The first-order chi connectivity index (χ1) is 12.7. The van der Waals surface area contributed by atoms with Gasteiger partial charge in [-0.3, -0.25) is 9.98 Å². The van der Waals surface area contributed by atoms with Crippen LogP contribution in [0.3, 0.4) is 0 Å². The average molecular weight is 479 g/mol. The molecule has 4 heterocycles. The maximum atomic E-state index is 5.22. The van der Waals surface area contributed by atoms with Crippen molar-refractivity contribution in [3.8, 4) is 5.75 Å². The van der Waals surface area contributed by atoms with Gasteiger partial charge in [-0.25, -0.2) is 4.98 Å². The van der Waals surface area contributed by atoms with Crippen LogP contribution in [0.1, 0.15) is 22.4 Å². The number of hydrogen-bond donors (Lipinski definition) is 2. The minimum atomic E-state index is 0.666. The van der Waals surface area contributed by atoms with Crippen LogP contribution in [0, 0.1) is 3.70 Å². The smallest absolute Gasteiger partial charge is 0.184 e. The van der Waals surface area contributed by atoms with Crippen molar-refractivity contribution in [1.82, 2.24) is 15.0 Å². The topological polar surface area (TPSA) is 75.2 Å². The van der Waals surface area contributed by atoms with Crippen LogP contribution in [0.15, 0.2) is 29.6 Å². The Hall–Kier alpha value is -1.94. The second kappa shape index (κ2) is 7.75. The minimum Gasteiger partial charge on any atom is -0.495 e. The first-order valence-electron chi connectivity index (χ1n) is 8.31. The number of hydrogen-bond acceptors (Lipinski definition) is 6. The number of H-pyrrole nitrogens is 1. The highest BCUT2D eigenvalue weighted by molar-refractivity contribution is 14.1. The van der Waals surface area contributed by atoms with Crippen molar-refractivity contribution in [2.75, 3.05) is 19.0 Å². The molecule has 0 spiro atoms. The molecule has 3 aromatic rings. The van der Waals surface area contributed by atoms with Crippen LogP contribution in [0.2, 0.25) is 0 Å². The van der Waals surface area contributed by atoms with Gasteiger partial charge in [0.25, 0.3) is 0 Å². The van der Waals surface area contributed by atoms with Gasteiger partial charge in [0.05, 0.1) is 13.3 Å². The van der Waals surface area contributed by atoms with Gasteiger partial charge < -0.3 is 15.0 Å². The van der Waals surface area contributed by atoms with E-state index < -0.39 is 0 Å². The van der Waals surface area contributed by atoms with Gasteiger partial charge in [0.2, 0.25) is 0 Å². The predicted molar refractivity (Wildman–Crippen MR) is 111 cm³/mol. The first-order valence-corrected chi connectivity index (χ1v) is 10.2. The number of methoxy groups -OCH3 is 1. The SMILES string of the molecule is COc1cncc(CNc2nc(I)c(Cc3c[nH]c4c3=CCCN=4)s2)c1. The normalized spacial score (nSPS) is 12.8. The van der Waals surface area contributed by atoms with E-state index in [4.69, 9.17) is 4.74 Å². The highest BCUT2D eigenvalue weighted by Gasteiger charge is 2.12. The van der Waals surface area contributed by atoms with Crippen molar-refractivity contribution >= 4 is 45.1 Å². The quantitative estimate of drug-likeness (QED) is 0.533. The molecule has 0 radical (unpaired) electrons. The Bertz CT molecular complexity index is 1040. The first kappa shape index (κ1) is 17.5. The van der Waals surface area contributed by atoms with Gasteiger partial charge in [0.1, 0.15) is 14.9 Å². The summed E-state index contributed by atoms with van der Waals surface area (Å²) in [6.45, 7) is 1.54. The number of pyridine rings is 1. The van der Waals surface area contributed by atoms with Gasteiger partial charge in [-0.1, -0.05) is 6.08 Å². The standard InChI is InChI=1S/C18H18IN5OS/c1-25-13-5-11(7-20-10-13)8-23-18-24-16(19)15(26-18)6-12-9-22-17-14(12)3-2-4-21-17/h3,5,7,9-10H,2,4,6,8H2,1H3,(H,21,22)(H,23,24). The van der Waals surface area contributed by atoms with Crippen molar-refractivity contribution in [3.05, 3.63) is 55.1 Å². The van der Waals surface area contributed by atoms with Crippen LogP contribution < -0.4 is 20.8 Å². The molecule has 0 aliphatic carbocycles. The number of nitrogens with zero attached hydrogens (tertiary/aromatic N) is 3. The van der Waals surface area contributed by atoms with E-state index >= 15 is 0 Å². The largest absolute Gasteiger partial charge is 0.495 e. The monoisotopic (exact) mass is 479 g/mol. The van der Waals surface area contributed by atoms with Gasteiger partial charge in [0, 0.05) is 42.0 Å². The van der Waals surface area contributed by atoms with Gasteiger partial charge in [-0.2, -0.15) is 0 Å². The van der Waals surface area contributed by atoms with Gasteiger partial charge in [-0.15, -0.1) is 11.3 Å². The second-order valence-corrected chi connectivity index (χ2v) is 8.05. The molecule has 0 bridgehead atoms. The highest BCUT2D eigenvalue weighted by Crippen LogP contribution is 2.26. The predicted octanol–water partition coefficient (Wildman–Crippen LogP) is 2.49. The summed E-state index contributed by atoms with van der Waals surface area (Å²) in [5, 5.41) is 5.56.